The summed E-state index contributed by atoms with van der Waals surface area (Å²) in [6.07, 6.45) is 4.87. The van der Waals surface area contributed by atoms with E-state index in [2.05, 4.69) is 4.90 Å². The van der Waals surface area contributed by atoms with Crippen molar-refractivity contribution in [3.63, 3.8) is 0 Å². The molecule has 0 amide bonds. The highest BCUT2D eigenvalue weighted by atomic mass is 19.1. The third-order valence-corrected chi connectivity index (χ3v) is 6.05. The smallest absolute Gasteiger partial charge is 0.197 e. The Hall–Kier alpha value is -1.72. The van der Waals surface area contributed by atoms with Crippen molar-refractivity contribution in [3.05, 3.63) is 23.0 Å². The van der Waals surface area contributed by atoms with E-state index in [1.807, 2.05) is 19.9 Å². The molecule has 4 rings (SSSR count). The van der Waals surface area contributed by atoms with Crippen molar-refractivity contribution >= 4 is 13.7 Å². The summed E-state index contributed by atoms with van der Waals surface area (Å²) < 4.78 is 26.5. The average molecular weight is 356 g/mol. The van der Waals surface area contributed by atoms with Crippen LogP contribution in [0.1, 0.15) is 50.7 Å². The maximum Gasteiger partial charge on any atom is 0.197 e. The standard InChI is InChI=1S/C20H26BFN2O2/c1-3-25-15-10-14-16(17(22)18(15)26-4-2)19(23)24(20(14)6-7-20)11-13-9-12(13)5-8-21/h10,12-13,23H,3-9,11H2,1-2H3. The number of rotatable bonds is 8. The highest BCUT2D eigenvalue weighted by Crippen LogP contribution is 2.60. The second-order valence-electron chi connectivity index (χ2n) is 7.63. The van der Waals surface area contributed by atoms with E-state index in [0.29, 0.717) is 48.5 Å². The Morgan fingerprint density at radius 1 is 1.27 bits per heavy atom. The zero-order valence-corrected chi connectivity index (χ0v) is 15.6. The summed E-state index contributed by atoms with van der Waals surface area (Å²) in [6.45, 7) is 5.35. The third kappa shape index (κ3) is 2.60. The third-order valence-electron chi connectivity index (χ3n) is 6.05. The number of benzene rings is 1. The highest BCUT2D eigenvalue weighted by molar-refractivity contribution is 6.08. The first-order chi connectivity index (χ1) is 12.6. The molecule has 0 bridgehead atoms. The average Bonchev–Trinajstić information content (AvgIpc) is 3.51. The van der Waals surface area contributed by atoms with E-state index in [1.165, 1.54) is 6.42 Å². The molecule has 0 aromatic heterocycles. The highest BCUT2D eigenvalue weighted by Gasteiger charge is 2.59. The lowest BCUT2D eigenvalue weighted by Gasteiger charge is -2.27. The summed E-state index contributed by atoms with van der Waals surface area (Å²) in [6, 6.07) is 1.92. The van der Waals surface area contributed by atoms with Crippen molar-refractivity contribution in [1.29, 1.82) is 5.41 Å². The summed E-state index contributed by atoms with van der Waals surface area (Å²) in [5.41, 5.74) is 1.10. The van der Waals surface area contributed by atoms with Crippen molar-refractivity contribution in [2.24, 2.45) is 11.8 Å². The molecule has 1 spiro atoms. The van der Waals surface area contributed by atoms with Crippen molar-refractivity contribution in [3.8, 4) is 11.5 Å². The summed E-state index contributed by atoms with van der Waals surface area (Å²) in [5.74, 6) is 1.70. The van der Waals surface area contributed by atoms with Crippen LogP contribution in [0.25, 0.3) is 0 Å². The number of hydrogen-bond donors (Lipinski definition) is 1. The predicted octanol–water partition coefficient (Wildman–Crippen LogP) is 3.87. The number of halogens is 1. The SMILES string of the molecule is [B]CCC1CC1CN1C(=N)c2c(cc(OCC)c(OCC)c2F)C12CC2. The van der Waals surface area contributed by atoms with Gasteiger partial charge in [0.25, 0.3) is 0 Å². The second kappa shape index (κ2) is 6.47. The molecule has 1 heterocycles. The van der Waals surface area contributed by atoms with E-state index >= 15 is 4.39 Å². The molecular formula is C20H26BFN2O2. The lowest BCUT2D eigenvalue weighted by molar-refractivity contribution is 0.272. The minimum Gasteiger partial charge on any atom is -0.490 e. The molecule has 2 atom stereocenters. The molecule has 2 aliphatic carbocycles. The lowest BCUT2D eigenvalue weighted by atomic mass is 9.98. The minimum absolute atomic E-state index is 0.142. The van der Waals surface area contributed by atoms with E-state index in [-0.39, 0.29) is 11.3 Å². The van der Waals surface area contributed by atoms with Gasteiger partial charge < -0.3 is 14.4 Å². The van der Waals surface area contributed by atoms with Gasteiger partial charge in [-0.05, 0) is 56.6 Å². The van der Waals surface area contributed by atoms with Crippen molar-refractivity contribution < 1.29 is 13.9 Å². The molecule has 2 saturated carbocycles. The monoisotopic (exact) mass is 356 g/mol. The predicted molar refractivity (Wildman–Crippen MR) is 100.0 cm³/mol. The zero-order chi connectivity index (χ0) is 18.5. The van der Waals surface area contributed by atoms with E-state index < -0.39 is 5.82 Å². The molecule has 1 aliphatic heterocycles. The molecule has 4 nitrogen and oxygen atoms in total. The van der Waals surface area contributed by atoms with Gasteiger partial charge >= 0.3 is 0 Å². The van der Waals surface area contributed by atoms with Gasteiger partial charge in [-0.1, -0.05) is 12.7 Å². The number of fused-ring (bicyclic) bond motifs is 2. The maximum atomic E-state index is 15.3. The molecule has 1 N–H and O–H groups in total. The summed E-state index contributed by atoms with van der Waals surface area (Å²) in [7, 11) is 5.68. The number of amidine groups is 1. The van der Waals surface area contributed by atoms with Gasteiger partial charge in [0.15, 0.2) is 17.3 Å². The fourth-order valence-electron chi connectivity index (χ4n) is 4.50. The lowest BCUT2D eigenvalue weighted by Crippen LogP contribution is -2.35. The van der Waals surface area contributed by atoms with Gasteiger partial charge in [-0.15, -0.1) is 0 Å². The van der Waals surface area contributed by atoms with Crippen molar-refractivity contribution in [2.45, 2.75) is 51.4 Å². The van der Waals surface area contributed by atoms with E-state index in [0.717, 1.165) is 31.4 Å². The quantitative estimate of drug-likeness (QED) is 0.720. The van der Waals surface area contributed by atoms with Gasteiger partial charge in [-0.25, -0.2) is 4.39 Å². The van der Waals surface area contributed by atoms with Gasteiger partial charge in [0.05, 0.1) is 32.2 Å². The molecule has 26 heavy (non-hydrogen) atoms. The van der Waals surface area contributed by atoms with Gasteiger partial charge in [0.1, 0.15) is 5.84 Å². The first-order valence-electron chi connectivity index (χ1n) is 9.76. The number of ether oxygens (including phenoxy) is 2. The second-order valence-corrected chi connectivity index (χ2v) is 7.63. The van der Waals surface area contributed by atoms with Crippen LogP contribution in [-0.4, -0.2) is 38.3 Å². The van der Waals surface area contributed by atoms with E-state index in [9.17, 15) is 0 Å². The van der Waals surface area contributed by atoms with Crippen molar-refractivity contribution in [1.82, 2.24) is 4.90 Å². The Kier molecular flexibility index (Phi) is 4.40. The van der Waals surface area contributed by atoms with Crippen LogP contribution >= 0.6 is 0 Å². The normalized spacial score (nSPS) is 24.7. The Bertz CT molecular complexity index is 735. The maximum absolute atomic E-state index is 15.3. The molecule has 138 valence electrons. The Labute approximate surface area is 156 Å². The van der Waals surface area contributed by atoms with Crippen LogP contribution in [0.4, 0.5) is 4.39 Å². The summed E-state index contributed by atoms with van der Waals surface area (Å²) in [4.78, 5) is 2.13. The zero-order valence-electron chi connectivity index (χ0n) is 15.6. The minimum atomic E-state index is -0.444. The van der Waals surface area contributed by atoms with Crippen LogP contribution in [0.5, 0.6) is 11.5 Å². The first kappa shape index (κ1) is 17.7. The molecule has 1 aromatic rings. The largest absolute Gasteiger partial charge is 0.490 e. The summed E-state index contributed by atoms with van der Waals surface area (Å²) in [5, 5.41) is 8.68. The molecule has 2 fully saturated rings. The topological polar surface area (TPSA) is 45.6 Å². The molecule has 0 saturated heterocycles. The fourth-order valence-corrected chi connectivity index (χ4v) is 4.50. The van der Waals surface area contributed by atoms with Crippen LogP contribution < -0.4 is 9.47 Å². The van der Waals surface area contributed by atoms with Crippen LogP contribution in [0.15, 0.2) is 6.07 Å². The van der Waals surface area contributed by atoms with Crippen molar-refractivity contribution in [2.75, 3.05) is 19.8 Å². The molecule has 6 heteroatoms. The molecule has 2 unspecified atom stereocenters. The van der Waals surface area contributed by atoms with Gasteiger partial charge in [0.2, 0.25) is 0 Å². The van der Waals surface area contributed by atoms with Gasteiger partial charge in [0, 0.05) is 6.54 Å². The number of nitrogens with one attached hydrogen (secondary N) is 1. The van der Waals surface area contributed by atoms with Gasteiger partial charge in [-0.3, -0.25) is 5.41 Å². The fraction of sp³-hybridized carbons (Fsp3) is 0.650. The van der Waals surface area contributed by atoms with Crippen LogP contribution in [0, 0.1) is 23.1 Å². The number of nitrogens with zero attached hydrogens (tertiary/aromatic N) is 1. The van der Waals surface area contributed by atoms with E-state index in [1.54, 1.807) is 0 Å². The van der Waals surface area contributed by atoms with Gasteiger partial charge in [-0.2, -0.15) is 0 Å². The van der Waals surface area contributed by atoms with Crippen LogP contribution in [-0.2, 0) is 5.54 Å². The Morgan fingerprint density at radius 2 is 2.00 bits per heavy atom. The number of hydrogen-bond acceptors (Lipinski definition) is 3. The Balaban J connectivity index is 1.68. The molecule has 1 aromatic carbocycles. The van der Waals surface area contributed by atoms with E-state index in [4.69, 9.17) is 22.7 Å². The van der Waals surface area contributed by atoms with Crippen LogP contribution in [0.2, 0.25) is 6.32 Å². The molecule has 2 radical (unpaired) electrons. The molecule has 3 aliphatic rings. The Morgan fingerprint density at radius 3 is 2.62 bits per heavy atom. The van der Waals surface area contributed by atoms with Crippen LogP contribution in [0.3, 0.4) is 0 Å². The summed E-state index contributed by atoms with van der Waals surface area (Å²) >= 11 is 0. The molecular weight excluding hydrogens is 330 g/mol. The first-order valence-corrected chi connectivity index (χ1v) is 9.76.